The quantitative estimate of drug-likeness (QED) is 0.808. The van der Waals surface area contributed by atoms with E-state index in [0.717, 1.165) is 5.56 Å². The number of halogens is 1. The molecule has 0 aliphatic carbocycles. The molecule has 6 nitrogen and oxygen atoms in total. The van der Waals surface area contributed by atoms with Gasteiger partial charge in [-0.15, -0.1) is 0 Å². The van der Waals surface area contributed by atoms with Crippen LogP contribution in [0.15, 0.2) is 34.9 Å². The fraction of sp³-hybridized carbons (Fsp3) is 0.357. The van der Waals surface area contributed by atoms with Crippen LogP contribution in [0.2, 0.25) is 5.02 Å². The summed E-state index contributed by atoms with van der Waals surface area (Å²) < 4.78 is 33.4. The lowest BCUT2D eigenvalue weighted by Crippen LogP contribution is -2.41. The van der Waals surface area contributed by atoms with Crippen molar-refractivity contribution < 1.29 is 12.9 Å². The zero-order chi connectivity index (χ0) is 16.2. The summed E-state index contributed by atoms with van der Waals surface area (Å²) in [6, 6.07) is 8.84. The molecule has 0 radical (unpaired) electrons. The third-order valence-electron chi connectivity index (χ3n) is 2.75. The fourth-order valence-corrected chi connectivity index (χ4v) is 3.05. The molecule has 22 heavy (non-hydrogen) atoms. The van der Waals surface area contributed by atoms with E-state index in [-0.39, 0.29) is 12.6 Å². The van der Waals surface area contributed by atoms with Crippen LogP contribution < -0.4 is 9.44 Å². The van der Waals surface area contributed by atoms with Gasteiger partial charge >= 0.3 is 0 Å². The largest absolute Gasteiger partial charge is 0.356 e. The van der Waals surface area contributed by atoms with Gasteiger partial charge in [-0.3, -0.25) is 0 Å². The van der Waals surface area contributed by atoms with Crippen molar-refractivity contribution >= 4 is 21.8 Å². The van der Waals surface area contributed by atoms with Crippen molar-refractivity contribution in [3.63, 3.8) is 0 Å². The summed E-state index contributed by atoms with van der Waals surface area (Å²) in [7, 11) is -3.47. The van der Waals surface area contributed by atoms with Crippen LogP contribution in [-0.2, 0) is 16.6 Å². The summed E-state index contributed by atoms with van der Waals surface area (Å²) in [6.07, 6.45) is 0.441. The monoisotopic (exact) mass is 343 g/mol. The normalized spacial score (nSPS) is 12.0. The Labute approximate surface area is 135 Å². The lowest BCUT2D eigenvalue weighted by molar-refractivity contribution is 0.423. The van der Waals surface area contributed by atoms with Gasteiger partial charge in [-0.2, -0.15) is 13.1 Å². The highest BCUT2D eigenvalue weighted by atomic mass is 35.5. The Bertz CT molecular complexity index is 711. The van der Waals surface area contributed by atoms with Gasteiger partial charge in [-0.05, 0) is 38.1 Å². The first-order valence-corrected chi connectivity index (χ1v) is 8.70. The molecule has 1 aromatic heterocycles. The first kappa shape index (κ1) is 17.0. The highest BCUT2D eigenvalue weighted by Gasteiger charge is 2.12. The molecule has 0 unspecified atom stereocenters. The maximum atomic E-state index is 11.6. The summed E-state index contributed by atoms with van der Waals surface area (Å²) in [5.74, 6) is 0.620. The Morgan fingerprint density at radius 2 is 1.95 bits per heavy atom. The van der Waals surface area contributed by atoms with Crippen molar-refractivity contribution in [2.24, 2.45) is 0 Å². The van der Waals surface area contributed by atoms with Crippen molar-refractivity contribution in [2.45, 2.75) is 26.3 Å². The number of nitrogens with one attached hydrogen (secondary N) is 2. The smallest absolute Gasteiger partial charge is 0.277 e. The SMILES string of the molecule is CC(C)NS(=O)(=O)NCCc1cc(-c2ccc(Cl)cc2)on1. The van der Waals surface area contributed by atoms with Crippen molar-refractivity contribution in [1.29, 1.82) is 0 Å². The van der Waals surface area contributed by atoms with Gasteiger partial charge in [0.2, 0.25) is 0 Å². The zero-order valence-electron chi connectivity index (χ0n) is 12.3. The van der Waals surface area contributed by atoms with Crippen LogP contribution in [-0.4, -0.2) is 26.2 Å². The number of benzene rings is 1. The lowest BCUT2D eigenvalue weighted by Gasteiger charge is -2.09. The molecule has 1 aromatic carbocycles. The number of hydrogen-bond acceptors (Lipinski definition) is 4. The van der Waals surface area contributed by atoms with Gasteiger partial charge in [-0.1, -0.05) is 16.8 Å². The Morgan fingerprint density at radius 1 is 1.27 bits per heavy atom. The van der Waals surface area contributed by atoms with Gasteiger partial charge in [0.1, 0.15) is 0 Å². The minimum absolute atomic E-state index is 0.152. The number of hydrogen-bond donors (Lipinski definition) is 2. The summed E-state index contributed by atoms with van der Waals surface area (Å²) in [5.41, 5.74) is 1.54. The van der Waals surface area contributed by atoms with Crippen LogP contribution in [0.4, 0.5) is 0 Å². The van der Waals surface area contributed by atoms with Crippen molar-refractivity contribution in [2.75, 3.05) is 6.54 Å². The topological polar surface area (TPSA) is 84.2 Å². The van der Waals surface area contributed by atoms with Gasteiger partial charge in [-0.25, -0.2) is 4.72 Å². The average Bonchev–Trinajstić information content (AvgIpc) is 2.86. The summed E-state index contributed by atoms with van der Waals surface area (Å²) in [4.78, 5) is 0. The standard InChI is InChI=1S/C14H18ClN3O3S/c1-10(2)18-22(19,20)16-8-7-13-9-14(21-17-13)11-3-5-12(15)6-4-11/h3-6,9-10,16,18H,7-8H2,1-2H3. The molecule has 0 spiro atoms. The molecule has 0 atom stereocenters. The van der Waals surface area contributed by atoms with Crippen LogP contribution in [0, 0.1) is 0 Å². The maximum absolute atomic E-state index is 11.6. The van der Waals surface area contributed by atoms with E-state index in [1.54, 1.807) is 32.0 Å². The van der Waals surface area contributed by atoms with Gasteiger partial charge in [0, 0.05) is 35.7 Å². The van der Waals surface area contributed by atoms with Crippen LogP contribution in [0.25, 0.3) is 11.3 Å². The van der Waals surface area contributed by atoms with Crippen LogP contribution in [0.5, 0.6) is 0 Å². The van der Waals surface area contributed by atoms with E-state index < -0.39 is 10.2 Å². The predicted octanol–water partition coefficient (Wildman–Crippen LogP) is 2.37. The van der Waals surface area contributed by atoms with Crippen molar-refractivity contribution in [3.05, 3.63) is 41.0 Å². The third-order valence-corrected chi connectivity index (χ3v) is 4.37. The summed E-state index contributed by atoms with van der Waals surface area (Å²) >= 11 is 5.83. The van der Waals surface area contributed by atoms with Crippen molar-refractivity contribution in [1.82, 2.24) is 14.6 Å². The Hall–Kier alpha value is -1.41. The van der Waals surface area contributed by atoms with Crippen LogP contribution >= 0.6 is 11.6 Å². The molecule has 0 fully saturated rings. The molecular weight excluding hydrogens is 326 g/mol. The Kier molecular flexibility index (Phi) is 5.57. The molecule has 0 aliphatic heterocycles. The molecule has 0 bridgehead atoms. The molecule has 8 heteroatoms. The van der Waals surface area contributed by atoms with Gasteiger partial charge < -0.3 is 4.52 Å². The van der Waals surface area contributed by atoms with E-state index in [1.165, 1.54) is 0 Å². The molecule has 0 aliphatic rings. The second kappa shape index (κ2) is 7.23. The molecule has 2 aromatic rings. The van der Waals surface area contributed by atoms with E-state index in [4.69, 9.17) is 16.1 Å². The van der Waals surface area contributed by atoms with E-state index in [0.29, 0.717) is 22.9 Å². The predicted molar refractivity (Wildman–Crippen MR) is 85.8 cm³/mol. The van der Waals surface area contributed by atoms with Crippen LogP contribution in [0.1, 0.15) is 19.5 Å². The average molecular weight is 344 g/mol. The Balaban J connectivity index is 1.91. The maximum Gasteiger partial charge on any atom is 0.277 e. The van der Waals surface area contributed by atoms with Gasteiger partial charge in [0.05, 0.1) is 5.69 Å². The first-order valence-electron chi connectivity index (χ1n) is 6.84. The minimum Gasteiger partial charge on any atom is -0.356 e. The highest BCUT2D eigenvalue weighted by molar-refractivity contribution is 7.87. The number of nitrogens with zero attached hydrogens (tertiary/aromatic N) is 1. The second-order valence-corrected chi connectivity index (χ2v) is 7.08. The molecule has 0 saturated carbocycles. The van der Waals surface area contributed by atoms with Gasteiger partial charge in [0.25, 0.3) is 10.2 Å². The van der Waals surface area contributed by atoms with E-state index in [9.17, 15) is 8.42 Å². The van der Waals surface area contributed by atoms with Crippen molar-refractivity contribution in [3.8, 4) is 11.3 Å². The van der Waals surface area contributed by atoms with Gasteiger partial charge in [0.15, 0.2) is 5.76 Å². The Morgan fingerprint density at radius 3 is 2.59 bits per heavy atom. The fourth-order valence-electron chi connectivity index (χ4n) is 1.85. The first-order chi connectivity index (χ1) is 10.4. The molecule has 2 N–H and O–H groups in total. The van der Waals surface area contributed by atoms with E-state index >= 15 is 0 Å². The molecule has 0 saturated heterocycles. The highest BCUT2D eigenvalue weighted by Crippen LogP contribution is 2.22. The van der Waals surface area contributed by atoms with E-state index in [2.05, 4.69) is 14.6 Å². The molecule has 1 heterocycles. The second-order valence-electron chi connectivity index (χ2n) is 5.11. The third kappa shape index (κ3) is 5.10. The minimum atomic E-state index is -3.47. The number of rotatable bonds is 7. The molecule has 0 amide bonds. The zero-order valence-corrected chi connectivity index (χ0v) is 13.9. The number of aromatic nitrogens is 1. The summed E-state index contributed by atoms with van der Waals surface area (Å²) in [6.45, 7) is 3.76. The van der Waals surface area contributed by atoms with E-state index in [1.807, 2.05) is 12.1 Å². The van der Waals surface area contributed by atoms with Crippen LogP contribution in [0.3, 0.4) is 0 Å². The molecule has 120 valence electrons. The summed E-state index contributed by atoms with van der Waals surface area (Å²) in [5, 5.41) is 4.58. The lowest BCUT2D eigenvalue weighted by atomic mass is 10.1. The molecular formula is C14H18ClN3O3S. The molecule has 2 rings (SSSR count).